The number of nitrogens with one attached hydrogen (secondary N) is 1. The number of furan rings is 1. The number of carbonyl (C=O) groups excluding carboxylic acids is 1. The van der Waals surface area contributed by atoms with Gasteiger partial charge >= 0.3 is 0 Å². The molecule has 146 valence electrons. The summed E-state index contributed by atoms with van der Waals surface area (Å²) in [5.74, 6) is 1.47. The Balaban J connectivity index is 1.24. The number of carbonyl (C=O) groups is 1. The van der Waals surface area contributed by atoms with Crippen molar-refractivity contribution in [2.24, 2.45) is 0 Å². The molecule has 2 aromatic heterocycles. The second kappa shape index (κ2) is 9.11. The summed E-state index contributed by atoms with van der Waals surface area (Å²) in [7, 11) is 0. The summed E-state index contributed by atoms with van der Waals surface area (Å²) in [6, 6.07) is 20.6. The second-order valence-corrected chi connectivity index (χ2v) is 6.91. The maximum atomic E-state index is 12.1. The molecule has 1 N–H and O–H groups in total. The number of anilines is 1. The Morgan fingerprint density at radius 3 is 2.59 bits per heavy atom. The van der Waals surface area contributed by atoms with E-state index in [1.807, 2.05) is 42.5 Å². The van der Waals surface area contributed by atoms with Gasteiger partial charge < -0.3 is 18.9 Å². The summed E-state index contributed by atoms with van der Waals surface area (Å²) < 4.78 is 16.4. The van der Waals surface area contributed by atoms with Gasteiger partial charge in [0.2, 0.25) is 5.91 Å². The van der Waals surface area contributed by atoms with Gasteiger partial charge in [-0.05, 0) is 42.0 Å². The highest BCUT2D eigenvalue weighted by molar-refractivity contribution is 7.99. The molecule has 0 spiro atoms. The molecule has 1 amide bonds. The summed E-state index contributed by atoms with van der Waals surface area (Å²) in [6.07, 6.45) is 1.53. The largest absolute Gasteiger partial charge is 0.489 e. The van der Waals surface area contributed by atoms with E-state index in [1.54, 1.807) is 24.3 Å². The van der Waals surface area contributed by atoms with E-state index in [2.05, 4.69) is 15.5 Å². The third-order valence-corrected chi connectivity index (χ3v) is 4.67. The number of benzene rings is 2. The first kappa shape index (κ1) is 18.8. The average molecular weight is 407 g/mol. The number of rotatable bonds is 8. The van der Waals surface area contributed by atoms with Gasteiger partial charge in [-0.2, -0.15) is 0 Å². The molecule has 0 atom stereocenters. The molecule has 0 aliphatic carbocycles. The summed E-state index contributed by atoms with van der Waals surface area (Å²) in [4.78, 5) is 12.1. The van der Waals surface area contributed by atoms with E-state index in [1.165, 1.54) is 6.26 Å². The Bertz CT molecular complexity index is 1050. The number of amides is 1. The summed E-state index contributed by atoms with van der Waals surface area (Å²) in [5.41, 5.74) is 1.78. The Hall–Kier alpha value is -3.52. The van der Waals surface area contributed by atoms with E-state index in [4.69, 9.17) is 13.6 Å². The molecular weight excluding hydrogens is 390 g/mol. The molecule has 0 saturated heterocycles. The van der Waals surface area contributed by atoms with Crippen molar-refractivity contribution in [2.75, 3.05) is 11.1 Å². The predicted octanol–water partition coefficient (Wildman–Crippen LogP) is 4.64. The van der Waals surface area contributed by atoms with Crippen LogP contribution in [-0.4, -0.2) is 21.9 Å². The molecule has 4 aromatic rings. The lowest BCUT2D eigenvalue weighted by atomic mass is 10.2. The van der Waals surface area contributed by atoms with E-state index >= 15 is 0 Å². The van der Waals surface area contributed by atoms with Crippen LogP contribution in [0.1, 0.15) is 5.56 Å². The molecule has 29 heavy (non-hydrogen) atoms. The van der Waals surface area contributed by atoms with Gasteiger partial charge in [0.1, 0.15) is 12.4 Å². The lowest BCUT2D eigenvalue weighted by Crippen LogP contribution is -2.13. The van der Waals surface area contributed by atoms with Crippen LogP contribution >= 0.6 is 11.8 Å². The van der Waals surface area contributed by atoms with Gasteiger partial charge in [-0.15, -0.1) is 10.2 Å². The monoisotopic (exact) mass is 407 g/mol. The van der Waals surface area contributed by atoms with Crippen molar-refractivity contribution < 1.29 is 18.4 Å². The molecule has 8 heteroatoms. The van der Waals surface area contributed by atoms with E-state index in [0.717, 1.165) is 23.1 Å². The molecule has 7 nitrogen and oxygen atoms in total. The molecule has 0 saturated carbocycles. The van der Waals surface area contributed by atoms with Crippen molar-refractivity contribution in [3.05, 3.63) is 78.6 Å². The highest BCUT2D eigenvalue weighted by atomic mass is 32.2. The predicted molar refractivity (Wildman–Crippen MR) is 109 cm³/mol. The second-order valence-electron chi connectivity index (χ2n) is 5.99. The quantitative estimate of drug-likeness (QED) is 0.426. The number of aromatic nitrogens is 2. The van der Waals surface area contributed by atoms with Crippen molar-refractivity contribution in [1.29, 1.82) is 0 Å². The van der Waals surface area contributed by atoms with Crippen LogP contribution in [0.5, 0.6) is 5.75 Å². The SMILES string of the molecule is O=C(CSc1nnc(-c2ccco2)o1)Nc1ccc(OCc2ccccc2)cc1. The molecule has 0 radical (unpaired) electrons. The van der Waals surface area contributed by atoms with Gasteiger partial charge in [0, 0.05) is 5.69 Å². The minimum absolute atomic E-state index is 0.145. The first-order valence-corrected chi connectivity index (χ1v) is 9.82. The van der Waals surface area contributed by atoms with Crippen LogP contribution in [-0.2, 0) is 11.4 Å². The topological polar surface area (TPSA) is 90.4 Å². The zero-order chi connectivity index (χ0) is 19.9. The number of nitrogens with zero attached hydrogens (tertiary/aromatic N) is 2. The third kappa shape index (κ3) is 5.26. The number of ether oxygens (including phenoxy) is 1. The van der Waals surface area contributed by atoms with Gasteiger partial charge in [0.25, 0.3) is 11.1 Å². The van der Waals surface area contributed by atoms with Crippen LogP contribution < -0.4 is 10.1 Å². The van der Waals surface area contributed by atoms with Crippen LogP contribution in [0, 0.1) is 0 Å². The maximum absolute atomic E-state index is 12.1. The fourth-order valence-electron chi connectivity index (χ4n) is 2.47. The minimum Gasteiger partial charge on any atom is -0.489 e. The first-order chi connectivity index (χ1) is 14.3. The van der Waals surface area contributed by atoms with Gasteiger partial charge in [-0.25, -0.2) is 0 Å². The van der Waals surface area contributed by atoms with Crippen LogP contribution in [0.15, 0.2) is 87.1 Å². The highest BCUT2D eigenvalue weighted by Crippen LogP contribution is 2.23. The first-order valence-electron chi connectivity index (χ1n) is 8.83. The fraction of sp³-hybridized carbons (Fsp3) is 0.0952. The standard InChI is InChI=1S/C21H17N3O4S/c25-19(14-29-21-24-23-20(28-21)18-7-4-12-26-18)22-16-8-10-17(11-9-16)27-13-15-5-2-1-3-6-15/h1-12H,13-14H2,(H,22,25). The molecule has 4 rings (SSSR count). The van der Waals surface area contributed by atoms with Gasteiger partial charge in [-0.1, -0.05) is 42.1 Å². The highest BCUT2D eigenvalue weighted by Gasteiger charge is 2.13. The number of hydrogen-bond acceptors (Lipinski definition) is 7. The van der Waals surface area contributed by atoms with Gasteiger partial charge in [0.15, 0.2) is 5.76 Å². The van der Waals surface area contributed by atoms with Crippen LogP contribution in [0.2, 0.25) is 0 Å². The van der Waals surface area contributed by atoms with E-state index in [-0.39, 0.29) is 17.6 Å². The minimum atomic E-state index is -0.175. The molecule has 0 fully saturated rings. The van der Waals surface area contributed by atoms with E-state index in [0.29, 0.717) is 23.3 Å². The van der Waals surface area contributed by atoms with Crippen molar-refractivity contribution in [2.45, 2.75) is 11.8 Å². The Morgan fingerprint density at radius 1 is 1.00 bits per heavy atom. The molecule has 0 bridgehead atoms. The Labute approximate surface area is 171 Å². The summed E-state index contributed by atoms with van der Waals surface area (Å²) >= 11 is 1.16. The van der Waals surface area contributed by atoms with Crippen LogP contribution in [0.3, 0.4) is 0 Å². The number of thioether (sulfide) groups is 1. The molecule has 2 aromatic carbocycles. The van der Waals surface area contributed by atoms with Crippen molar-refractivity contribution >= 4 is 23.4 Å². The maximum Gasteiger partial charge on any atom is 0.284 e. The van der Waals surface area contributed by atoms with Crippen molar-refractivity contribution in [3.63, 3.8) is 0 Å². The smallest absolute Gasteiger partial charge is 0.284 e. The van der Waals surface area contributed by atoms with Gasteiger partial charge in [-0.3, -0.25) is 4.79 Å². The lowest BCUT2D eigenvalue weighted by Gasteiger charge is -2.08. The lowest BCUT2D eigenvalue weighted by molar-refractivity contribution is -0.113. The number of hydrogen-bond donors (Lipinski definition) is 1. The van der Waals surface area contributed by atoms with E-state index < -0.39 is 0 Å². The van der Waals surface area contributed by atoms with Crippen LogP contribution in [0.4, 0.5) is 5.69 Å². The summed E-state index contributed by atoms with van der Waals surface area (Å²) in [5, 5.41) is 10.9. The normalized spacial score (nSPS) is 10.6. The Kier molecular flexibility index (Phi) is 5.92. The Morgan fingerprint density at radius 2 is 1.83 bits per heavy atom. The fourth-order valence-corrected chi connectivity index (χ4v) is 3.03. The molecular formula is C21H17N3O4S. The van der Waals surface area contributed by atoms with Crippen molar-refractivity contribution in [3.8, 4) is 17.4 Å². The average Bonchev–Trinajstić information content (AvgIpc) is 3.44. The van der Waals surface area contributed by atoms with Crippen LogP contribution in [0.25, 0.3) is 11.7 Å². The molecule has 0 aliphatic rings. The van der Waals surface area contributed by atoms with Gasteiger partial charge in [0.05, 0.1) is 12.0 Å². The zero-order valence-corrected chi connectivity index (χ0v) is 16.1. The molecule has 0 unspecified atom stereocenters. The third-order valence-electron chi connectivity index (χ3n) is 3.85. The molecule has 0 aliphatic heterocycles. The van der Waals surface area contributed by atoms with Crippen molar-refractivity contribution in [1.82, 2.24) is 10.2 Å². The summed E-state index contributed by atoms with van der Waals surface area (Å²) in [6.45, 7) is 0.493. The van der Waals surface area contributed by atoms with E-state index in [9.17, 15) is 4.79 Å². The zero-order valence-electron chi connectivity index (χ0n) is 15.3. The molecule has 2 heterocycles.